The highest BCUT2D eigenvalue weighted by atomic mass is 35.5. The minimum absolute atomic E-state index is 0.0344. The first-order valence-corrected chi connectivity index (χ1v) is 10.3. The van der Waals surface area contributed by atoms with E-state index in [1.54, 1.807) is 36.4 Å². The van der Waals surface area contributed by atoms with E-state index in [4.69, 9.17) is 31.9 Å². The van der Waals surface area contributed by atoms with E-state index >= 15 is 0 Å². The van der Waals surface area contributed by atoms with Crippen molar-refractivity contribution in [1.82, 2.24) is 0 Å². The Morgan fingerprint density at radius 2 is 1.87 bits per heavy atom. The second-order valence-corrected chi connectivity index (χ2v) is 7.63. The van der Waals surface area contributed by atoms with Crippen molar-refractivity contribution in [2.24, 2.45) is 5.73 Å². The number of fused-ring (bicyclic) bond motifs is 1. The number of carbonyl (C=O) groups excluding carboxylic acids is 1. The molecule has 0 atom stereocenters. The third-order valence-electron chi connectivity index (χ3n) is 3.91. The van der Waals surface area contributed by atoms with Gasteiger partial charge < -0.3 is 25.5 Å². The number of halogens is 1. The van der Waals surface area contributed by atoms with Gasteiger partial charge in [0.1, 0.15) is 5.02 Å². The molecule has 0 aliphatic heterocycles. The molecule has 2 amide bonds. The fourth-order valence-corrected chi connectivity index (χ4v) is 3.33. The van der Waals surface area contributed by atoms with Gasteiger partial charge in [-0.2, -0.15) is 0 Å². The summed E-state index contributed by atoms with van der Waals surface area (Å²) in [4.78, 5) is 24.5. The molecule has 0 bridgehead atoms. The molecule has 0 aliphatic carbocycles. The van der Waals surface area contributed by atoms with Gasteiger partial charge in [-0.1, -0.05) is 47.6 Å². The minimum Gasteiger partial charge on any atom is -0.464 e. The summed E-state index contributed by atoms with van der Waals surface area (Å²) in [5.41, 5.74) is 5.69. The second kappa shape index (κ2) is 10.0. The Kier molecular flexibility index (Phi) is 7.21. The van der Waals surface area contributed by atoms with Gasteiger partial charge in [-0.25, -0.2) is 9.59 Å². The first kappa shape index (κ1) is 21.5. The van der Waals surface area contributed by atoms with Gasteiger partial charge in [0.15, 0.2) is 5.17 Å². The van der Waals surface area contributed by atoms with Crippen molar-refractivity contribution >= 4 is 56.7 Å². The monoisotopic (exact) mass is 446 g/mol. The smallest absolute Gasteiger partial charge is 0.346 e. The number of urea groups is 1. The first-order chi connectivity index (χ1) is 14.4. The molecule has 0 aliphatic rings. The lowest BCUT2D eigenvalue weighted by atomic mass is 10.1. The van der Waals surface area contributed by atoms with E-state index in [0.29, 0.717) is 28.9 Å². The summed E-state index contributed by atoms with van der Waals surface area (Å²) >= 11 is 7.52. The molecule has 30 heavy (non-hydrogen) atoms. The highest BCUT2D eigenvalue weighted by molar-refractivity contribution is 8.13. The van der Waals surface area contributed by atoms with Crippen LogP contribution < -0.4 is 26.7 Å². The van der Waals surface area contributed by atoms with Gasteiger partial charge in [-0.3, -0.25) is 5.41 Å². The summed E-state index contributed by atoms with van der Waals surface area (Å²) in [6.45, 7) is 0.258. The van der Waals surface area contributed by atoms with Crippen molar-refractivity contribution in [3.05, 3.63) is 64.0 Å². The largest absolute Gasteiger partial charge is 0.464 e. The summed E-state index contributed by atoms with van der Waals surface area (Å²) in [7, 11) is 0. The number of para-hydroxylation sites is 1. The highest BCUT2D eigenvalue weighted by Crippen LogP contribution is 2.32. The summed E-state index contributed by atoms with van der Waals surface area (Å²) in [6, 6.07) is 13.3. The van der Waals surface area contributed by atoms with Crippen molar-refractivity contribution in [2.75, 3.05) is 23.0 Å². The van der Waals surface area contributed by atoms with Crippen LogP contribution in [0.25, 0.3) is 10.8 Å². The van der Waals surface area contributed by atoms with E-state index in [2.05, 4.69) is 10.6 Å². The number of carbonyl (C=O) groups is 1. The maximum atomic E-state index is 12.4. The van der Waals surface area contributed by atoms with Crippen LogP contribution in [0.3, 0.4) is 0 Å². The lowest BCUT2D eigenvalue weighted by Crippen LogP contribution is -2.19. The number of amidine groups is 1. The summed E-state index contributed by atoms with van der Waals surface area (Å²) in [5, 5.41) is 13.4. The topological polar surface area (TPSA) is 130 Å². The molecule has 0 unspecified atom stereocenters. The zero-order valence-electron chi connectivity index (χ0n) is 15.7. The normalized spacial score (nSPS) is 10.6. The average molecular weight is 447 g/mol. The Hall–Kier alpha value is -3.17. The molecule has 0 fully saturated rings. The van der Waals surface area contributed by atoms with Crippen LogP contribution in [0.1, 0.15) is 6.42 Å². The number of benzene rings is 2. The Balaban J connectivity index is 1.70. The molecule has 3 aromatic rings. The SMILES string of the molecule is N=C(N)SCCCOc1oc(=O)c2cc(NC(=O)Nc3ccccc3)ccc2c1Cl. The van der Waals surface area contributed by atoms with Crippen LogP contribution in [-0.2, 0) is 0 Å². The van der Waals surface area contributed by atoms with Crippen molar-refractivity contribution < 1.29 is 13.9 Å². The predicted octanol–water partition coefficient (Wildman–Crippen LogP) is 4.49. The molecule has 0 saturated heterocycles. The molecule has 8 nitrogen and oxygen atoms in total. The van der Waals surface area contributed by atoms with Gasteiger partial charge in [0.2, 0.25) is 0 Å². The van der Waals surface area contributed by atoms with E-state index in [9.17, 15) is 9.59 Å². The molecule has 0 spiro atoms. The van der Waals surface area contributed by atoms with Crippen LogP contribution in [-0.4, -0.2) is 23.6 Å². The zero-order valence-corrected chi connectivity index (χ0v) is 17.3. The van der Waals surface area contributed by atoms with Crippen LogP contribution in [0.15, 0.2) is 57.7 Å². The van der Waals surface area contributed by atoms with Crippen molar-refractivity contribution in [1.29, 1.82) is 5.41 Å². The number of hydrogen-bond acceptors (Lipinski definition) is 6. The Morgan fingerprint density at radius 3 is 2.60 bits per heavy atom. The molecular weight excluding hydrogens is 428 g/mol. The van der Waals surface area contributed by atoms with E-state index in [1.165, 1.54) is 17.8 Å². The maximum Gasteiger partial charge on any atom is 0.346 e. The average Bonchev–Trinajstić information content (AvgIpc) is 2.71. The Labute approximate surface area is 181 Å². The number of hydrogen-bond donors (Lipinski definition) is 4. The predicted molar refractivity (Wildman–Crippen MR) is 121 cm³/mol. The molecule has 10 heteroatoms. The lowest BCUT2D eigenvalue weighted by Gasteiger charge is -2.10. The van der Waals surface area contributed by atoms with E-state index in [0.717, 1.165) is 0 Å². The van der Waals surface area contributed by atoms with Crippen molar-refractivity contribution in [3.8, 4) is 5.95 Å². The molecular formula is C20H19ClN4O4S. The fourth-order valence-electron chi connectivity index (χ4n) is 2.59. The highest BCUT2D eigenvalue weighted by Gasteiger charge is 2.15. The number of ether oxygens (including phenoxy) is 1. The van der Waals surface area contributed by atoms with Gasteiger partial charge in [-0.05, 0) is 30.7 Å². The summed E-state index contributed by atoms with van der Waals surface area (Å²) in [6.07, 6.45) is 0.599. The number of nitrogens with two attached hydrogens (primary N) is 1. The number of nitrogens with one attached hydrogen (secondary N) is 3. The van der Waals surface area contributed by atoms with Gasteiger partial charge in [0.05, 0.1) is 12.0 Å². The summed E-state index contributed by atoms with van der Waals surface area (Å²) < 4.78 is 10.7. The molecule has 1 aromatic heterocycles. The standard InChI is InChI=1S/C20H19ClN4O4S/c21-16-14-8-7-13(25-20(27)24-12-5-2-1-3-6-12)11-15(14)17(26)29-18(16)28-9-4-10-30-19(22)23/h1-3,5-8,11H,4,9-10H2,(H3,22,23)(H2,24,25,27). The summed E-state index contributed by atoms with van der Waals surface area (Å²) in [5.74, 6) is 0.537. The van der Waals surface area contributed by atoms with E-state index in [-0.39, 0.29) is 28.1 Å². The van der Waals surface area contributed by atoms with Gasteiger partial charge in [0, 0.05) is 22.5 Å². The number of anilines is 2. The number of rotatable bonds is 7. The quantitative estimate of drug-likeness (QED) is 0.240. The van der Waals surface area contributed by atoms with Gasteiger partial charge >= 0.3 is 17.6 Å². The zero-order chi connectivity index (χ0) is 21.5. The molecule has 1 heterocycles. The maximum absolute atomic E-state index is 12.4. The van der Waals surface area contributed by atoms with Crippen molar-refractivity contribution in [2.45, 2.75) is 6.42 Å². The lowest BCUT2D eigenvalue weighted by molar-refractivity contribution is 0.233. The Morgan fingerprint density at radius 1 is 1.13 bits per heavy atom. The molecule has 5 N–H and O–H groups in total. The van der Waals surface area contributed by atoms with Gasteiger partial charge in [-0.15, -0.1) is 0 Å². The molecule has 2 aromatic carbocycles. The number of thioether (sulfide) groups is 1. The van der Waals surface area contributed by atoms with Crippen LogP contribution >= 0.6 is 23.4 Å². The van der Waals surface area contributed by atoms with Crippen molar-refractivity contribution in [3.63, 3.8) is 0 Å². The minimum atomic E-state index is -0.630. The van der Waals surface area contributed by atoms with E-state index < -0.39 is 11.7 Å². The molecule has 0 saturated carbocycles. The van der Waals surface area contributed by atoms with Crippen LogP contribution in [0.5, 0.6) is 5.95 Å². The van der Waals surface area contributed by atoms with Crippen LogP contribution in [0, 0.1) is 5.41 Å². The second-order valence-electron chi connectivity index (χ2n) is 6.11. The third kappa shape index (κ3) is 5.68. The molecule has 0 radical (unpaired) electrons. The Bertz CT molecular complexity index is 1120. The molecule has 156 valence electrons. The third-order valence-corrected chi connectivity index (χ3v) is 5.07. The molecule has 3 rings (SSSR count). The van der Waals surface area contributed by atoms with E-state index in [1.807, 2.05) is 6.07 Å². The fraction of sp³-hybridized carbons (Fsp3) is 0.150. The van der Waals surface area contributed by atoms with Crippen LogP contribution in [0.2, 0.25) is 5.02 Å². The van der Waals surface area contributed by atoms with Gasteiger partial charge in [0.25, 0.3) is 0 Å². The number of amides is 2. The van der Waals surface area contributed by atoms with Crippen LogP contribution in [0.4, 0.5) is 16.2 Å². The first-order valence-electron chi connectivity index (χ1n) is 8.93.